The lowest BCUT2D eigenvalue weighted by atomic mass is 10.1. The van der Waals surface area contributed by atoms with Crippen molar-refractivity contribution < 1.29 is 14.6 Å². The standard InChI is InChI=1S/C15H20N4O3/c1-4-22-15(21)11-7-16-14-12(9(2)17-18(14)3)13(11)19-6-5-10(20)8-19/h7,10,20H,4-6,8H2,1-3H3/t10-/m0/s1. The van der Waals surface area contributed by atoms with Crippen LogP contribution in [0.3, 0.4) is 0 Å². The Bertz CT molecular complexity index is 725. The summed E-state index contributed by atoms with van der Waals surface area (Å²) < 4.78 is 6.86. The average molecular weight is 304 g/mol. The third-order valence-corrected chi connectivity index (χ3v) is 3.97. The monoisotopic (exact) mass is 304 g/mol. The Morgan fingerprint density at radius 2 is 2.32 bits per heavy atom. The van der Waals surface area contributed by atoms with E-state index in [1.165, 1.54) is 0 Å². The van der Waals surface area contributed by atoms with Crippen LogP contribution in [0, 0.1) is 6.92 Å². The lowest BCUT2D eigenvalue weighted by Crippen LogP contribution is -2.24. The molecule has 0 unspecified atom stereocenters. The number of anilines is 1. The molecular formula is C15H20N4O3. The number of nitrogens with zero attached hydrogens (tertiary/aromatic N) is 4. The second kappa shape index (κ2) is 5.57. The Balaban J connectivity index is 2.22. The summed E-state index contributed by atoms with van der Waals surface area (Å²) in [7, 11) is 1.83. The summed E-state index contributed by atoms with van der Waals surface area (Å²) in [6.45, 7) is 5.18. The van der Waals surface area contributed by atoms with E-state index in [0.717, 1.165) is 22.4 Å². The van der Waals surface area contributed by atoms with E-state index < -0.39 is 5.97 Å². The van der Waals surface area contributed by atoms with Gasteiger partial charge in [0.2, 0.25) is 0 Å². The molecule has 0 amide bonds. The molecule has 2 aromatic heterocycles. The van der Waals surface area contributed by atoms with Gasteiger partial charge in [-0.15, -0.1) is 0 Å². The normalized spacial score (nSPS) is 18.2. The quantitative estimate of drug-likeness (QED) is 0.853. The van der Waals surface area contributed by atoms with Crippen LogP contribution >= 0.6 is 0 Å². The fraction of sp³-hybridized carbons (Fsp3) is 0.533. The van der Waals surface area contributed by atoms with Crippen LogP contribution in [0.2, 0.25) is 0 Å². The molecule has 0 saturated carbocycles. The van der Waals surface area contributed by atoms with Crippen LogP contribution in [0.5, 0.6) is 0 Å². The zero-order chi connectivity index (χ0) is 15.9. The van der Waals surface area contributed by atoms with Crippen molar-refractivity contribution in [1.29, 1.82) is 0 Å². The first-order valence-electron chi connectivity index (χ1n) is 7.45. The molecule has 1 fully saturated rings. The highest BCUT2D eigenvalue weighted by Crippen LogP contribution is 2.34. The van der Waals surface area contributed by atoms with Crippen LogP contribution in [0.4, 0.5) is 5.69 Å². The van der Waals surface area contributed by atoms with E-state index in [0.29, 0.717) is 31.7 Å². The van der Waals surface area contributed by atoms with Gasteiger partial charge < -0.3 is 14.7 Å². The Morgan fingerprint density at radius 1 is 1.55 bits per heavy atom. The van der Waals surface area contributed by atoms with E-state index in [4.69, 9.17) is 4.74 Å². The van der Waals surface area contributed by atoms with Crippen molar-refractivity contribution in [2.75, 3.05) is 24.6 Å². The minimum Gasteiger partial charge on any atom is -0.462 e. The molecular weight excluding hydrogens is 284 g/mol. The molecule has 2 aromatic rings. The number of rotatable bonds is 3. The molecule has 3 heterocycles. The molecule has 7 heteroatoms. The number of ether oxygens (including phenoxy) is 1. The molecule has 1 aliphatic heterocycles. The third-order valence-electron chi connectivity index (χ3n) is 3.97. The van der Waals surface area contributed by atoms with Crippen LogP contribution in [0.1, 0.15) is 29.4 Å². The van der Waals surface area contributed by atoms with Crippen molar-refractivity contribution in [3.8, 4) is 0 Å². The van der Waals surface area contributed by atoms with Crippen molar-refractivity contribution in [3.63, 3.8) is 0 Å². The van der Waals surface area contributed by atoms with Crippen molar-refractivity contribution in [3.05, 3.63) is 17.5 Å². The van der Waals surface area contributed by atoms with Crippen molar-refractivity contribution >= 4 is 22.7 Å². The lowest BCUT2D eigenvalue weighted by molar-refractivity contribution is 0.0526. The number of aliphatic hydroxyl groups excluding tert-OH is 1. The summed E-state index contributed by atoms with van der Waals surface area (Å²) >= 11 is 0. The highest BCUT2D eigenvalue weighted by atomic mass is 16.5. The maximum absolute atomic E-state index is 12.3. The first-order chi connectivity index (χ1) is 10.5. The van der Waals surface area contributed by atoms with Gasteiger partial charge in [-0.2, -0.15) is 5.10 Å². The molecule has 3 rings (SSSR count). The number of carbonyl (C=O) groups is 1. The van der Waals surface area contributed by atoms with Gasteiger partial charge in [0.05, 0.1) is 29.5 Å². The maximum Gasteiger partial charge on any atom is 0.341 e. The Kier molecular flexibility index (Phi) is 3.74. The van der Waals surface area contributed by atoms with E-state index in [1.54, 1.807) is 17.8 Å². The summed E-state index contributed by atoms with van der Waals surface area (Å²) in [5.74, 6) is -0.392. The largest absolute Gasteiger partial charge is 0.462 e. The molecule has 1 N–H and O–H groups in total. The first kappa shape index (κ1) is 14.8. The number of esters is 1. The summed E-state index contributed by atoms with van der Waals surface area (Å²) in [6, 6.07) is 0. The molecule has 0 bridgehead atoms. The van der Waals surface area contributed by atoms with Gasteiger partial charge in [-0.3, -0.25) is 4.68 Å². The average Bonchev–Trinajstić information content (AvgIpc) is 3.03. The first-order valence-corrected chi connectivity index (χ1v) is 7.45. The molecule has 0 aliphatic carbocycles. The Labute approximate surface area is 128 Å². The highest BCUT2D eigenvalue weighted by molar-refractivity contribution is 6.05. The molecule has 22 heavy (non-hydrogen) atoms. The van der Waals surface area contributed by atoms with Crippen LogP contribution in [-0.2, 0) is 11.8 Å². The second-order valence-corrected chi connectivity index (χ2v) is 5.54. The number of hydrogen-bond donors (Lipinski definition) is 1. The number of fused-ring (bicyclic) bond motifs is 1. The zero-order valence-corrected chi connectivity index (χ0v) is 13.0. The van der Waals surface area contributed by atoms with Crippen molar-refractivity contribution in [1.82, 2.24) is 14.8 Å². The maximum atomic E-state index is 12.3. The summed E-state index contributed by atoms with van der Waals surface area (Å²) in [5.41, 5.74) is 2.74. The summed E-state index contributed by atoms with van der Waals surface area (Å²) in [6.07, 6.45) is 1.85. The number of hydrogen-bond acceptors (Lipinski definition) is 6. The smallest absolute Gasteiger partial charge is 0.341 e. The van der Waals surface area contributed by atoms with Crippen molar-refractivity contribution in [2.45, 2.75) is 26.4 Å². The fourth-order valence-corrected chi connectivity index (χ4v) is 3.02. The molecule has 1 atom stereocenters. The number of β-amino-alcohol motifs (C(OH)–C–C–N with tert-alkyl or cyclic N) is 1. The van der Waals surface area contributed by atoms with Gasteiger partial charge >= 0.3 is 5.97 Å². The van der Waals surface area contributed by atoms with Crippen molar-refractivity contribution in [2.24, 2.45) is 7.05 Å². The molecule has 7 nitrogen and oxygen atoms in total. The van der Waals surface area contributed by atoms with E-state index in [2.05, 4.69) is 10.1 Å². The van der Waals surface area contributed by atoms with E-state index in [9.17, 15) is 9.90 Å². The topological polar surface area (TPSA) is 80.5 Å². The molecule has 118 valence electrons. The lowest BCUT2D eigenvalue weighted by Gasteiger charge is -2.21. The predicted octanol–water partition coefficient (Wildman–Crippen LogP) is 1.02. The number of aromatic nitrogens is 3. The van der Waals surface area contributed by atoms with Gasteiger partial charge in [0, 0.05) is 26.3 Å². The third kappa shape index (κ3) is 2.31. The second-order valence-electron chi connectivity index (χ2n) is 5.54. The summed E-state index contributed by atoms with van der Waals surface area (Å²) in [4.78, 5) is 18.7. The fourth-order valence-electron chi connectivity index (χ4n) is 3.02. The van der Waals surface area contributed by atoms with Crippen LogP contribution in [0.15, 0.2) is 6.20 Å². The molecule has 0 radical (unpaired) electrons. The molecule has 0 aromatic carbocycles. The minimum absolute atomic E-state index is 0.310. The molecule has 1 aliphatic rings. The van der Waals surface area contributed by atoms with Gasteiger partial charge in [-0.25, -0.2) is 9.78 Å². The Hall–Kier alpha value is -2.15. The van der Waals surface area contributed by atoms with Gasteiger partial charge in [-0.05, 0) is 20.3 Å². The van der Waals surface area contributed by atoms with Crippen LogP contribution in [-0.4, -0.2) is 51.6 Å². The van der Waals surface area contributed by atoms with Gasteiger partial charge in [-0.1, -0.05) is 0 Å². The molecule has 0 spiro atoms. The number of aliphatic hydroxyl groups is 1. The highest BCUT2D eigenvalue weighted by Gasteiger charge is 2.29. The van der Waals surface area contributed by atoms with E-state index in [-0.39, 0.29) is 6.10 Å². The SMILES string of the molecule is CCOC(=O)c1cnc2c(c(C)nn2C)c1N1CC[C@H](O)C1. The van der Waals surface area contributed by atoms with E-state index >= 15 is 0 Å². The van der Waals surface area contributed by atoms with Gasteiger partial charge in [0.15, 0.2) is 5.65 Å². The van der Waals surface area contributed by atoms with Crippen LogP contribution < -0.4 is 4.90 Å². The zero-order valence-electron chi connectivity index (χ0n) is 13.0. The van der Waals surface area contributed by atoms with Gasteiger partial charge in [0.1, 0.15) is 5.56 Å². The Morgan fingerprint density at radius 3 is 2.95 bits per heavy atom. The molecule has 1 saturated heterocycles. The minimum atomic E-state index is -0.392. The summed E-state index contributed by atoms with van der Waals surface area (Å²) in [5, 5.41) is 15.1. The van der Waals surface area contributed by atoms with Gasteiger partial charge in [0.25, 0.3) is 0 Å². The number of pyridine rings is 1. The van der Waals surface area contributed by atoms with Crippen LogP contribution in [0.25, 0.3) is 11.0 Å². The predicted molar refractivity (Wildman–Crippen MR) is 82.0 cm³/mol. The number of carbonyl (C=O) groups excluding carboxylic acids is 1. The van der Waals surface area contributed by atoms with E-state index in [1.807, 2.05) is 18.9 Å². The number of aryl methyl sites for hydroxylation is 2.